The molecule has 20 heavy (non-hydrogen) atoms. The summed E-state index contributed by atoms with van der Waals surface area (Å²) in [6.45, 7) is 0.768. The van der Waals surface area contributed by atoms with Crippen LogP contribution in [0.15, 0.2) is 0 Å². The van der Waals surface area contributed by atoms with Gasteiger partial charge in [0.1, 0.15) is 0 Å². The Hall–Kier alpha value is -1.06. The number of carboxylic acid groups (broad SMARTS) is 1. The summed E-state index contributed by atoms with van der Waals surface area (Å²) < 4.78 is 0. The fourth-order valence-corrected chi connectivity index (χ4v) is 3.89. The molecule has 0 bridgehead atoms. The molecule has 0 saturated heterocycles. The van der Waals surface area contributed by atoms with E-state index in [1.165, 1.54) is 25.7 Å². The van der Waals surface area contributed by atoms with E-state index in [1.807, 2.05) is 0 Å². The van der Waals surface area contributed by atoms with Crippen molar-refractivity contribution in [3.63, 3.8) is 0 Å². The summed E-state index contributed by atoms with van der Waals surface area (Å²) >= 11 is 0. The first-order valence-corrected chi connectivity index (χ1v) is 8.11. The van der Waals surface area contributed by atoms with Crippen LogP contribution in [-0.2, 0) is 9.59 Å². The molecule has 3 saturated carbocycles. The molecule has 3 aliphatic carbocycles. The van der Waals surface area contributed by atoms with Gasteiger partial charge < -0.3 is 10.4 Å². The number of amides is 1. The molecule has 0 heterocycles. The lowest BCUT2D eigenvalue weighted by molar-refractivity contribution is -0.151. The SMILES string of the molecule is O=C(CC1(C(=O)O)CCCC1)NCC(C1CC1)C1CC1. The predicted octanol–water partition coefficient (Wildman–Crippen LogP) is 2.57. The zero-order valence-electron chi connectivity index (χ0n) is 12.1. The fraction of sp³-hybridized carbons (Fsp3) is 0.875. The third-order valence-corrected chi connectivity index (χ3v) is 5.50. The van der Waals surface area contributed by atoms with Gasteiger partial charge in [0.25, 0.3) is 0 Å². The van der Waals surface area contributed by atoms with Gasteiger partial charge in [-0.05, 0) is 56.3 Å². The van der Waals surface area contributed by atoms with E-state index < -0.39 is 11.4 Å². The molecule has 0 aliphatic heterocycles. The molecule has 3 rings (SSSR count). The lowest BCUT2D eigenvalue weighted by Gasteiger charge is -2.24. The largest absolute Gasteiger partial charge is 0.481 e. The summed E-state index contributed by atoms with van der Waals surface area (Å²) in [5.41, 5.74) is -0.779. The van der Waals surface area contributed by atoms with Crippen molar-refractivity contribution in [1.29, 1.82) is 0 Å². The Kier molecular flexibility index (Phi) is 3.74. The van der Waals surface area contributed by atoms with Crippen molar-refractivity contribution in [1.82, 2.24) is 5.32 Å². The van der Waals surface area contributed by atoms with Gasteiger partial charge in [0, 0.05) is 13.0 Å². The first-order chi connectivity index (χ1) is 9.61. The number of carbonyl (C=O) groups excluding carboxylic acids is 1. The van der Waals surface area contributed by atoms with Crippen LogP contribution in [0.4, 0.5) is 0 Å². The van der Waals surface area contributed by atoms with E-state index >= 15 is 0 Å². The van der Waals surface area contributed by atoms with Gasteiger partial charge in [0.2, 0.25) is 5.91 Å². The van der Waals surface area contributed by atoms with E-state index in [0.717, 1.165) is 31.2 Å². The van der Waals surface area contributed by atoms with Crippen molar-refractivity contribution in [3.8, 4) is 0 Å². The zero-order chi connectivity index (χ0) is 14.2. The van der Waals surface area contributed by atoms with E-state index in [1.54, 1.807) is 0 Å². The monoisotopic (exact) mass is 279 g/mol. The Bertz CT molecular complexity index is 381. The molecule has 3 aliphatic rings. The normalized spacial score (nSPS) is 24.9. The maximum atomic E-state index is 12.1. The maximum absolute atomic E-state index is 12.1. The highest BCUT2D eigenvalue weighted by molar-refractivity contribution is 5.85. The molecule has 3 fully saturated rings. The highest BCUT2D eigenvalue weighted by atomic mass is 16.4. The molecule has 0 unspecified atom stereocenters. The van der Waals surface area contributed by atoms with Gasteiger partial charge in [-0.3, -0.25) is 9.59 Å². The van der Waals surface area contributed by atoms with Gasteiger partial charge in [0.05, 0.1) is 5.41 Å². The van der Waals surface area contributed by atoms with E-state index in [9.17, 15) is 14.7 Å². The van der Waals surface area contributed by atoms with Crippen molar-refractivity contribution in [2.24, 2.45) is 23.2 Å². The lowest BCUT2D eigenvalue weighted by atomic mass is 9.82. The first kappa shape index (κ1) is 13.9. The quantitative estimate of drug-likeness (QED) is 0.752. The number of rotatable bonds is 7. The van der Waals surface area contributed by atoms with E-state index in [-0.39, 0.29) is 12.3 Å². The molecule has 1 amide bonds. The number of carbonyl (C=O) groups is 2. The third kappa shape index (κ3) is 2.99. The topological polar surface area (TPSA) is 66.4 Å². The molecule has 0 spiro atoms. The average molecular weight is 279 g/mol. The Labute approximate surface area is 120 Å². The van der Waals surface area contributed by atoms with Gasteiger partial charge in [-0.2, -0.15) is 0 Å². The second-order valence-corrected chi connectivity index (χ2v) is 7.11. The molecule has 112 valence electrons. The highest BCUT2D eigenvalue weighted by Gasteiger charge is 2.44. The van der Waals surface area contributed by atoms with Gasteiger partial charge in [-0.15, -0.1) is 0 Å². The van der Waals surface area contributed by atoms with Crippen LogP contribution in [0.25, 0.3) is 0 Å². The molecule has 0 aromatic carbocycles. The predicted molar refractivity (Wildman–Crippen MR) is 75.1 cm³/mol. The van der Waals surface area contributed by atoms with Gasteiger partial charge in [0.15, 0.2) is 0 Å². The minimum absolute atomic E-state index is 0.0550. The van der Waals surface area contributed by atoms with Crippen LogP contribution in [0.2, 0.25) is 0 Å². The number of aliphatic carboxylic acids is 1. The van der Waals surface area contributed by atoms with Crippen LogP contribution in [0.5, 0.6) is 0 Å². The molecule has 4 heteroatoms. The second kappa shape index (κ2) is 5.38. The smallest absolute Gasteiger partial charge is 0.310 e. The van der Waals surface area contributed by atoms with Crippen molar-refractivity contribution < 1.29 is 14.7 Å². The molecule has 0 aromatic heterocycles. The summed E-state index contributed by atoms with van der Waals surface area (Å²) in [7, 11) is 0. The molecule has 0 aromatic rings. The van der Waals surface area contributed by atoms with E-state index in [0.29, 0.717) is 18.8 Å². The summed E-state index contributed by atoms with van der Waals surface area (Å²) in [6, 6.07) is 0. The van der Waals surface area contributed by atoms with Crippen LogP contribution >= 0.6 is 0 Å². The number of hydrogen-bond donors (Lipinski definition) is 2. The van der Waals surface area contributed by atoms with Gasteiger partial charge >= 0.3 is 5.97 Å². The molecule has 0 atom stereocenters. The number of hydrogen-bond acceptors (Lipinski definition) is 2. The molecular formula is C16H25NO3. The Morgan fingerprint density at radius 3 is 2.10 bits per heavy atom. The molecule has 2 N–H and O–H groups in total. The van der Waals surface area contributed by atoms with E-state index in [2.05, 4.69) is 5.32 Å². The van der Waals surface area contributed by atoms with Gasteiger partial charge in [-0.25, -0.2) is 0 Å². The second-order valence-electron chi connectivity index (χ2n) is 7.11. The summed E-state index contributed by atoms with van der Waals surface area (Å²) in [5.74, 6) is 1.46. The standard InChI is InChI=1S/C16H25NO3/c18-14(9-16(15(19)20)7-1-2-8-16)17-10-13(11-3-4-11)12-5-6-12/h11-13H,1-10H2,(H,17,18)(H,19,20). The van der Waals surface area contributed by atoms with Crippen LogP contribution in [0.3, 0.4) is 0 Å². The third-order valence-electron chi connectivity index (χ3n) is 5.50. The minimum Gasteiger partial charge on any atom is -0.481 e. The average Bonchev–Trinajstić information content (AvgIpc) is 3.32. The van der Waals surface area contributed by atoms with Crippen LogP contribution in [0, 0.1) is 23.2 Å². The van der Waals surface area contributed by atoms with E-state index in [4.69, 9.17) is 0 Å². The van der Waals surface area contributed by atoms with Crippen molar-refractivity contribution in [2.75, 3.05) is 6.54 Å². The summed E-state index contributed by atoms with van der Waals surface area (Å²) in [5, 5.41) is 12.4. The molecular weight excluding hydrogens is 254 g/mol. The molecule has 0 radical (unpaired) electrons. The Morgan fingerprint density at radius 2 is 1.65 bits per heavy atom. The lowest BCUT2D eigenvalue weighted by Crippen LogP contribution is -2.38. The van der Waals surface area contributed by atoms with Crippen molar-refractivity contribution in [2.45, 2.75) is 57.8 Å². The summed E-state index contributed by atoms with van der Waals surface area (Å²) in [6.07, 6.45) is 8.62. The summed E-state index contributed by atoms with van der Waals surface area (Å²) in [4.78, 5) is 23.6. The van der Waals surface area contributed by atoms with Gasteiger partial charge in [-0.1, -0.05) is 12.8 Å². The number of carboxylic acids is 1. The van der Waals surface area contributed by atoms with Crippen LogP contribution in [0.1, 0.15) is 57.8 Å². The fourth-order valence-electron chi connectivity index (χ4n) is 3.89. The maximum Gasteiger partial charge on any atom is 0.310 e. The Balaban J connectivity index is 1.49. The minimum atomic E-state index is -0.786. The highest BCUT2D eigenvalue weighted by Crippen LogP contribution is 2.49. The zero-order valence-corrected chi connectivity index (χ0v) is 12.1. The van der Waals surface area contributed by atoms with Crippen LogP contribution in [-0.4, -0.2) is 23.5 Å². The van der Waals surface area contributed by atoms with Crippen molar-refractivity contribution in [3.05, 3.63) is 0 Å². The Morgan fingerprint density at radius 1 is 1.10 bits per heavy atom. The number of nitrogens with one attached hydrogen (secondary N) is 1. The molecule has 4 nitrogen and oxygen atoms in total. The van der Waals surface area contributed by atoms with Crippen molar-refractivity contribution >= 4 is 11.9 Å². The van der Waals surface area contributed by atoms with Crippen LogP contribution < -0.4 is 5.32 Å². The first-order valence-electron chi connectivity index (χ1n) is 8.11.